The second-order valence-electron chi connectivity index (χ2n) is 4.67. The Morgan fingerprint density at radius 3 is 2.63 bits per heavy atom. The Morgan fingerprint density at radius 1 is 1.16 bits per heavy atom. The van der Waals surface area contributed by atoms with Crippen molar-refractivity contribution >= 4 is 11.0 Å². The Labute approximate surface area is 111 Å². The maximum Gasteiger partial charge on any atom is 0.201 e. The van der Waals surface area contributed by atoms with Gasteiger partial charge >= 0.3 is 0 Å². The number of benzene rings is 1. The molecule has 1 aromatic carbocycles. The Kier molecular flexibility index (Phi) is 4.53. The largest absolute Gasteiger partial charge is 0.456 e. The van der Waals surface area contributed by atoms with Gasteiger partial charge in [0.05, 0.1) is 6.54 Å². The Hall–Kier alpha value is -1.42. The number of fused-ring (bicyclic) bond motifs is 1. The second kappa shape index (κ2) is 6.15. The minimum atomic E-state index is -0.892. The summed E-state index contributed by atoms with van der Waals surface area (Å²) < 4.78 is 32.5. The van der Waals surface area contributed by atoms with Crippen molar-refractivity contribution in [2.75, 3.05) is 6.54 Å². The van der Waals surface area contributed by atoms with Crippen LogP contribution in [0.25, 0.3) is 11.0 Å². The molecule has 19 heavy (non-hydrogen) atoms. The Morgan fingerprint density at radius 2 is 1.95 bits per heavy atom. The summed E-state index contributed by atoms with van der Waals surface area (Å²) in [7, 11) is 0. The third-order valence-corrected chi connectivity index (χ3v) is 3.15. The number of furan rings is 1. The minimum absolute atomic E-state index is 0.0387. The molecule has 0 aliphatic rings. The molecule has 0 bridgehead atoms. The summed E-state index contributed by atoms with van der Waals surface area (Å²) in [6, 6.07) is 2.77. The summed E-state index contributed by atoms with van der Waals surface area (Å²) in [6.45, 7) is 5.56. The number of rotatable bonds is 6. The van der Waals surface area contributed by atoms with E-state index in [9.17, 15) is 8.78 Å². The Balaban J connectivity index is 2.43. The quantitative estimate of drug-likeness (QED) is 0.795. The zero-order valence-electron chi connectivity index (χ0n) is 11.4. The van der Waals surface area contributed by atoms with Crippen LogP contribution in [0.4, 0.5) is 8.78 Å². The molecule has 1 aromatic heterocycles. The van der Waals surface area contributed by atoms with Crippen molar-refractivity contribution in [1.82, 2.24) is 5.32 Å². The molecule has 0 atom stereocenters. The predicted octanol–water partition coefficient (Wildman–Crippen LogP) is 4.16. The van der Waals surface area contributed by atoms with E-state index in [2.05, 4.69) is 19.2 Å². The lowest BCUT2D eigenvalue weighted by molar-refractivity contribution is 0.466. The van der Waals surface area contributed by atoms with Crippen molar-refractivity contribution in [3.8, 4) is 0 Å². The fourth-order valence-electron chi connectivity index (χ4n) is 2.25. The highest BCUT2D eigenvalue weighted by Gasteiger charge is 2.18. The van der Waals surface area contributed by atoms with Gasteiger partial charge < -0.3 is 9.73 Å². The van der Waals surface area contributed by atoms with Crippen molar-refractivity contribution < 1.29 is 13.2 Å². The molecule has 4 heteroatoms. The van der Waals surface area contributed by atoms with E-state index in [0.717, 1.165) is 43.2 Å². The monoisotopic (exact) mass is 267 g/mol. The van der Waals surface area contributed by atoms with Crippen LogP contribution >= 0.6 is 0 Å². The molecular weight excluding hydrogens is 248 g/mol. The summed E-state index contributed by atoms with van der Waals surface area (Å²) >= 11 is 0. The normalized spacial score (nSPS) is 11.4. The van der Waals surface area contributed by atoms with E-state index >= 15 is 0 Å². The van der Waals surface area contributed by atoms with Crippen LogP contribution in [0, 0.1) is 11.6 Å². The summed E-state index contributed by atoms with van der Waals surface area (Å²) in [5, 5.41) is 3.92. The first kappa shape index (κ1) is 14.0. The number of halogens is 2. The van der Waals surface area contributed by atoms with Crippen LogP contribution in [0.3, 0.4) is 0 Å². The average molecular weight is 267 g/mol. The first-order chi connectivity index (χ1) is 9.19. The zero-order valence-corrected chi connectivity index (χ0v) is 11.4. The van der Waals surface area contributed by atoms with Gasteiger partial charge in [-0.3, -0.25) is 0 Å². The van der Waals surface area contributed by atoms with E-state index in [4.69, 9.17) is 4.42 Å². The van der Waals surface area contributed by atoms with Crippen molar-refractivity contribution in [3.05, 3.63) is 35.1 Å². The molecule has 2 rings (SSSR count). The van der Waals surface area contributed by atoms with E-state index < -0.39 is 11.6 Å². The molecule has 0 aliphatic carbocycles. The van der Waals surface area contributed by atoms with Gasteiger partial charge in [-0.05, 0) is 31.5 Å². The molecule has 1 N–H and O–H groups in total. The highest BCUT2D eigenvalue weighted by Crippen LogP contribution is 2.30. The lowest BCUT2D eigenvalue weighted by Crippen LogP contribution is -2.14. The molecule has 104 valence electrons. The molecule has 0 saturated heterocycles. The van der Waals surface area contributed by atoms with E-state index in [1.807, 2.05) is 0 Å². The van der Waals surface area contributed by atoms with E-state index in [0.29, 0.717) is 11.9 Å². The van der Waals surface area contributed by atoms with Crippen molar-refractivity contribution in [2.24, 2.45) is 0 Å². The molecule has 0 radical (unpaired) electrons. The van der Waals surface area contributed by atoms with E-state index in [1.54, 1.807) is 6.07 Å². The molecule has 2 nitrogen and oxygen atoms in total. The molecule has 1 heterocycles. The van der Waals surface area contributed by atoms with Crippen molar-refractivity contribution in [1.29, 1.82) is 0 Å². The SMILES string of the molecule is CCCNCc1oc2c(F)c(F)ccc2c1CCC. The smallest absolute Gasteiger partial charge is 0.201 e. The number of hydrogen-bond donors (Lipinski definition) is 1. The lowest BCUT2D eigenvalue weighted by atomic mass is 10.1. The first-order valence-electron chi connectivity index (χ1n) is 6.78. The molecule has 0 aliphatic heterocycles. The number of aryl methyl sites for hydroxylation is 1. The second-order valence-corrected chi connectivity index (χ2v) is 4.67. The van der Waals surface area contributed by atoms with Gasteiger partial charge in [0.2, 0.25) is 5.82 Å². The predicted molar refractivity (Wildman–Crippen MR) is 72.1 cm³/mol. The van der Waals surface area contributed by atoms with Crippen LogP contribution in [-0.2, 0) is 13.0 Å². The fourth-order valence-corrected chi connectivity index (χ4v) is 2.25. The van der Waals surface area contributed by atoms with Crippen LogP contribution in [0.2, 0.25) is 0 Å². The summed E-state index contributed by atoms with van der Waals surface area (Å²) in [6.07, 6.45) is 2.77. The molecule has 0 spiro atoms. The highest BCUT2D eigenvalue weighted by molar-refractivity contribution is 5.83. The average Bonchev–Trinajstić information content (AvgIpc) is 2.74. The topological polar surface area (TPSA) is 25.2 Å². The molecule has 0 saturated carbocycles. The van der Waals surface area contributed by atoms with E-state index in [1.165, 1.54) is 0 Å². The summed E-state index contributed by atoms with van der Waals surface area (Å²) in [5.74, 6) is -1.04. The van der Waals surface area contributed by atoms with Crippen LogP contribution in [0.1, 0.15) is 38.0 Å². The van der Waals surface area contributed by atoms with Gasteiger partial charge in [0.1, 0.15) is 5.76 Å². The molecular formula is C15H19F2NO. The van der Waals surface area contributed by atoms with Crippen LogP contribution in [0.5, 0.6) is 0 Å². The highest BCUT2D eigenvalue weighted by atomic mass is 19.2. The maximum atomic E-state index is 13.7. The molecule has 0 fully saturated rings. The van der Waals surface area contributed by atoms with E-state index in [-0.39, 0.29) is 5.58 Å². The third kappa shape index (κ3) is 2.78. The summed E-state index contributed by atoms with van der Waals surface area (Å²) in [4.78, 5) is 0. The number of hydrogen-bond acceptors (Lipinski definition) is 2. The van der Waals surface area contributed by atoms with Crippen LogP contribution < -0.4 is 5.32 Å². The zero-order chi connectivity index (χ0) is 13.8. The molecule has 0 unspecified atom stereocenters. The lowest BCUT2D eigenvalue weighted by Gasteiger charge is -2.03. The maximum absolute atomic E-state index is 13.7. The fraction of sp³-hybridized carbons (Fsp3) is 0.467. The standard InChI is InChI=1S/C15H19F2NO/c1-3-5-10-11-6-7-12(16)14(17)15(11)19-13(10)9-18-8-4-2/h6-7,18H,3-5,8-9H2,1-2H3. The van der Waals surface area contributed by atoms with Gasteiger partial charge in [0, 0.05) is 10.9 Å². The minimum Gasteiger partial charge on any atom is -0.456 e. The van der Waals surface area contributed by atoms with Gasteiger partial charge in [-0.1, -0.05) is 20.3 Å². The van der Waals surface area contributed by atoms with Crippen LogP contribution in [-0.4, -0.2) is 6.54 Å². The van der Waals surface area contributed by atoms with Gasteiger partial charge in [-0.2, -0.15) is 4.39 Å². The van der Waals surface area contributed by atoms with Gasteiger partial charge in [-0.15, -0.1) is 0 Å². The summed E-state index contributed by atoms with van der Waals surface area (Å²) in [5.41, 5.74) is 1.02. The molecule has 0 amide bonds. The van der Waals surface area contributed by atoms with Gasteiger partial charge in [-0.25, -0.2) is 4.39 Å². The van der Waals surface area contributed by atoms with Gasteiger partial charge in [0.25, 0.3) is 0 Å². The molecule has 2 aromatic rings. The van der Waals surface area contributed by atoms with Crippen molar-refractivity contribution in [2.45, 2.75) is 39.7 Å². The first-order valence-corrected chi connectivity index (χ1v) is 6.78. The number of nitrogens with one attached hydrogen (secondary N) is 1. The Bertz CT molecular complexity index is 563. The third-order valence-electron chi connectivity index (χ3n) is 3.15. The van der Waals surface area contributed by atoms with Crippen LogP contribution in [0.15, 0.2) is 16.5 Å². The van der Waals surface area contributed by atoms with Crippen molar-refractivity contribution in [3.63, 3.8) is 0 Å². The van der Waals surface area contributed by atoms with Gasteiger partial charge in [0.15, 0.2) is 11.4 Å².